The van der Waals surface area contributed by atoms with E-state index >= 15 is 0 Å². The molecule has 0 fully saturated rings. The third kappa shape index (κ3) is 3.46. The first kappa shape index (κ1) is 13.5. The highest BCUT2D eigenvalue weighted by Gasteiger charge is 2.17. The molecule has 0 saturated carbocycles. The monoisotopic (exact) mass is 289 g/mol. The molecule has 0 amide bonds. The molecule has 0 heterocycles. The van der Waals surface area contributed by atoms with Gasteiger partial charge in [0.2, 0.25) is 0 Å². The molecule has 1 atom stereocenters. The Labute approximate surface area is 104 Å². The maximum Gasteiger partial charge on any atom is 0.137 e. The topological polar surface area (TPSA) is 32.3 Å². The van der Waals surface area contributed by atoms with Crippen LogP contribution in [-0.2, 0) is 0 Å². The van der Waals surface area contributed by atoms with Gasteiger partial charge in [-0.05, 0) is 53.9 Å². The van der Waals surface area contributed by atoms with Crippen LogP contribution in [0.5, 0.6) is 0 Å². The number of aliphatic hydroxyl groups is 1. The zero-order valence-electron chi connectivity index (χ0n) is 9.77. The zero-order valence-corrected chi connectivity index (χ0v) is 11.4. The summed E-state index contributed by atoms with van der Waals surface area (Å²) < 4.78 is 13.6. The van der Waals surface area contributed by atoms with Crippen molar-refractivity contribution in [2.24, 2.45) is 0 Å². The van der Waals surface area contributed by atoms with Crippen molar-refractivity contribution in [3.05, 3.63) is 28.0 Å². The minimum atomic E-state index is -0.743. The Morgan fingerprint density at radius 1 is 1.50 bits per heavy atom. The summed E-state index contributed by atoms with van der Waals surface area (Å²) in [7, 11) is 0. The molecule has 90 valence electrons. The largest absolute Gasteiger partial charge is 0.388 e. The van der Waals surface area contributed by atoms with Gasteiger partial charge in [-0.3, -0.25) is 0 Å². The number of rotatable bonds is 4. The summed E-state index contributed by atoms with van der Waals surface area (Å²) in [5.41, 5.74) is 0.919. The first-order chi connectivity index (χ1) is 7.35. The predicted molar refractivity (Wildman–Crippen MR) is 68.2 cm³/mol. The van der Waals surface area contributed by atoms with Crippen LogP contribution in [0, 0.1) is 12.7 Å². The number of hydrogen-bond donors (Lipinski definition) is 2. The molecular weight excluding hydrogens is 273 g/mol. The lowest BCUT2D eigenvalue weighted by atomic mass is 10.0. The molecule has 0 aromatic heterocycles. The Balaban J connectivity index is 2.79. The zero-order chi connectivity index (χ0) is 12.3. The molecule has 0 aliphatic rings. The van der Waals surface area contributed by atoms with Crippen LogP contribution in [0.4, 0.5) is 10.1 Å². The Kier molecular flexibility index (Phi) is 4.33. The second-order valence-electron chi connectivity index (χ2n) is 4.29. The lowest BCUT2D eigenvalue weighted by Crippen LogP contribution is -2.32. The summed E-state index contributed by atoms with van der Waals surface area (Å²) in [6.07, 6.45) is 0.668. The molecule has 4 heteroatoms. The summed E-state index contributed by atoms with van der Waals surface area (Å²) in [6.45, 7) is 5.98. The molecule has 0 radical (unpaired) electrons. The molecule has 1 aromatic carbocycles. The van der Waals surface area contributed by atoms with E-state index in [2.05, 4.69) is 21.2 Å². The van der Waals surface area contributed by atoms with E-state index < -0.39 is 5.60 Å². The van der Waals surface area contributed by atoms with Crippen LogP contribution in [-0.4, -0.2) is 17.3 Å². The van der Waals surface area contributed by atoms with Crippen molar-refractivity contribution in [2.45, 2.75) is 32.8 Å². The second kappa shape index (κ2) is 5.15. The highest BCUT2D eigenvalue weighted by atomic mass is 79.9. The summed E-state index contributed by atoms with van der Waals surface area (Å²) >= 11 is 3.14. The number of hydrogen-bond acceptors (Lipinski definition) is 2. The van der Waals surface area contributed by atoms with Crippen LogP contribution in [0.1, 0.15) is 25.8 Å². The number of aryl methyl sites for hydroxylation is 1. The van der Waals surface area contributed by atoms with E-state index in [1.165, 1.54) is 6.07 Å². The SMILES string of the molecule is CCC(C)(O)CNc1cc(Br)c(F)cc1C. The molecule has 1 aromatic rings. The lowest BCUT2D eigenvalue weighted by molar-refractivity contribution is 0.0697. The van der Waals surface area contributed by atoms with Crippen LogP contribution in [0.15, 0.2) is 16.6 Å². The Hall–Kier alpha value is -0.610. The number of anilines is 1. The van der Waals surface area contributed by atoms with Crippen molar-refractivity contribution < 1.29 is 9.50 Å². The maximum absolute atomic E-state index is 13.2. The third-order valence-corrected chi connectivity index (χ3v) is 3.30. The maximum atomic E-state index is 13.2. The van der Waals surface area contributed by atoms with E-state index in [1.807, 2.05) is 13.8 Å². The molecule has 0 saturated heterocycles. The van der Waals surface area contributed by atoms with Crippen molar-refractivity contribution in [3.63, 3.8) is 0 Å². The fraction of sp³-hybridized carbons (Fsp3) is 0.500. The predicted octanol–water partition coefficient (Wildman–Crippen LogP) is 3.47. The van der Waals surface area contributed by atoms with Gasteiger partial charge < -0.3 is 10.4 Å². The first-order valence-corrected chi connectivity index (χ1v) is 6.07. The average molecular weight is 290 g/mol. The first-order valence-electron chi connectivity index (χ1n) is 5.27. The van der Waals surface area contributed by atoms with E-state index in [4.69, 9.17) is 0 Å². The van der Waals surface area contributed by atoms with Gasteiger partial charge in [0.25, 0.3) is 0 Å². The summed E-state index contributed by atoms with van der Waals surface area (Å²) in [4.78, 5) is 0. The average Bonchev–Trinajstić information content (AvgIpc) is 2.22. The molecular formula is C12H17BrFNO. The van der Waals surface area contributed by atoms with Gasteiger partial charge in [0.1, 0.15) is 5.82 Å². The Morgan fingerprint density at radius 2 is 2.12 bits per heavy atom. The molecule has 0 aliphatic heterocycles. The fourth-order valence-electron chi connectivity index (χ4n) is 1.25. The van der Waals surface area contributed by atoms with E-state index in [-0.39, 0.29) is 5.82 Å². The Bertz CT molecular complexity index is 380. The van der Waals surface area contributed by atoms with E-state index in [9.17, 15) is 9.50 Å². The molecule has 2 nitrogen and oxygen atoms in total. The lowest BCUT2D eigenvalue weighted by Gasteiger charge is -2.23. The van der Waals surface area contributed by atoms with Crippen molar-refractivity contribution in [3.8, 4) is 0 Å². The van der Waals surface area contributed by atoms with Crippen molar-refractivity contribution >= 4 is 21.6 Å². The van der Waals surface area contributed by atoms with Gasteiger partial charge in [-0.1, -0.05) is 6.92 Å². The van der Waals surface area contributed by atoms with Crippen LogP contribution in [0.25, 0.3) is 0 Å². The molecule has 1 unspecified atom stereocenters. The van der Waals surface area contributed by atoms with Gasteiger partial charge >= 0.3 is 0 Å². The summed E-state index contributed by atoms with van der Waals surface area (Å²) in [5, 5.41) is 13.0. The molecule has 0 aliphatic carbocycles. The minimum Gasteiger partial charge on any atom is -0.388 e. The van der Waals surface area contributed by atoms with Crippen molar-refractivity contribution in [1.29, 1.82) is 0 Å². The molecule has 0 spiro atoms. The molecule has 1 rings (SSSR count). The summed E-state index contributed by atoms with van der Waals surface area (Å²) in [6, 6.07) is 3.16. The highest BCUT2D eigenvalue weighted by Crippen LogP contribution is 2.24. The molecule has 16 heavy (non-hydrogen) atoms. The third-order valence-electron chi connectivity index (χ3n) is 2.69. The number of nitrogens with one attached hydrogen (secondary N) is 1. The van der Waals surface area contributed by atoms with Crippen molar-refractivity contribution in [1.82, 2.24) is 0 Å². The molecule has 0 bridgehead atoms. The number of halogens is 2. The number of benzene rings is 1. The fourth-order valence-corrected chi connectivity index (χ4v) is 1.59. The van der Waals surface area contributed by atoms with Crippen LogP contribution in [0.2, 0.25) is 0 Å². The van der Waals surface area contributed by atoms with Gasteiger partial charge in [-0.2, -0.15) is 0 Å². The normalized spacial score (nSPS) is 14.6. The van der Waals surface area contributed by atoms with E-state index in [0.717, 1.165) is 11.3 Å². The van der Waals surface area contributed by atoms with Crippen molar-refractivity contribution in [2.75, 3.05) is 11.9 Å². The van der Waals surface area contributed by atoms with Gasteiger partial charge in [-0.25, -0.2) is 4.39 Å². The van der Waals surface area contributed by atoms with Gasteiger partial charge in [0.05, 0.1) is 10.1 Å². The van der Waals surface area contributed by atoms with E-state index in [0.29, 0.717) is 17.4 Å². The van der Waals surface area contributed by atoms with E-state index in [1.54, 1.807) is 13.0 Å². The summed E-state index contributed by atoms with van der Waals surface area (Å²) in [5.74, 6) is -0.273. The van der Waals surface area contributed by atoms with Crippen LogP contribution in [0.3, 0.4) is 0 Å². The van der Waals surface area contributed by atoms with Crippen LogP contribution < -0.4 is 5.32 Å². The van der Waals surface area contributed by atoms with Crippen LogP contribution >= 0.6 is 15.9 Å². The Morgan fingerprint density at radius 3 is 2.69 bits per heavy atom. The van der Waals surface area contributed by atoms with Gasteiger partial charge in [0.15, 0.2) is 0 Å². The van der Waals surface area contributed by atoms with Gasteiger partial charge in [0, 0.05) is 12.2 Å². The smallest absolute Gasteiger partial charge is 0.137 e. The minimum absolute atomic E-state index is 0.273. The van der Waals surface area contributed by atoms with Gasteiger partial charge in [-0.15, -0.1) is 0 Å². The molecule has 2 N–H and O–H groups in total. The second-order valence-corrected chi connectivity index (χ2v) is 5.14. The highest BCUT2D eigenvalue weighted by molar-refractivity contribution is 9.10. The quantitative estimate of drug-likeness (QED) is 0.890. The standard InChI is InChI=1S/C12H17BrFNO/c1-4-12(3,16)7-15-11-6-9(13)10(14)5-8(11)2/h5-6,15-16H,4,7H2,1-3H3.